The Morgan fingerprint density at radius 3 is 3.07 bits per heavy atom. The fraction of sp³-hybridized carbons (Fsp3) is 0.333. The molecule has 5 nitrogen and oxygen atoms in total. The van der Waals surface area contributed by atoms with E-state index < -0.39 is 5.97 Å². The van der Waals surface area contributed by atoms with Gasteiger partial charge in [0.15, 0.2) is 5.69 Å². The molecule has 0 saturated carbocycles. The summed E-state index contributed by atoms with van der Waals surface area (Å²) >= 11 is 0. The van der Waals surface area contributed by atoms with E-state index in [1.165, 1.54) is 0 Å². The molecule has 0 aliphatic heterocycles. The van der Waals surface area contributed by atoms with E-state index in [0.29, 0.717) is 24.4 Å². The van der Waals surface area contributed by atoms with Crippen molar-refractivity contribution in [2.75, 3.05) is 12.3 Å². The number of ether oxygens (including phenoxy) is 1. The molecular weight excluding hydrogens is 182 g/mol. The van der Waals surface area contributed by atoms with E-state index in [4.69, 9.17) is 10.5 Å². The van der Waals surface area contributed by atoms with E-state index in [9.17, 15) is 4.79 Å². The molecule has 1 aromatic rings. The lowest BCUT2D eigenvalue weighted by atomic mass is 10.1. The zero-order valence-corrected chi connectivity index (χ0v) is 8.04. The number of rotatable bonds is 4. The van der Waals surface area contributed by atoms with Crippen LogP contribution in [-0.4, -0.2) is 22.8 Å². The highest BCUT2D eigenvalue weighted by Crippen LogP contribution is 2.15. The van der Waals surface area contributed by atoms with Gasteiger partial charge < -0.3 is 10.5 Å². The van der Waals surface area contributed by atoms with Crippen LogP contribution in [-0.2, 0) is 11.2 Å². The van der Waals surface area contributed by atoms with E-state index >= 15 is 0 Å². The van der Waals surface area contributed by atoms with Crippen molar-refractivity contribution in [2.24, 2.45) is 0 Å². The monoisotopic (exact) mass is 195 g/mol. The van der Waals surface area contributed by atoms with Gasteiger partial charge in [0, 0.05) is 5.56 Å². The molecule has 0 aliphatic rings. The van der Waals surface area contributed by atoms with Crippen LogP contribution in [0.15, 0.2) is 12.7 Å². The lowest BCUT2D eigenvalue weighted by Gasteiger charge is -2.00. The smallest absolute Gasteiger partial charge is 0.359 e. The summed E-state index contributed by atoms with van der Waals surface area (Å²) in [5, 5.41) is 6.32. The summed E-state index contributed by atoms with van der Waals surface area (Å²) in [4.78, 5) is 11.4. The summed E-state index contributed by atoms with van der Waals surface area (Å²) in [5.41, 5.74) is 6.47. The molecule has 1 rings (SSSR count). The number of nitrogens with two attached hydrogens (primary N) is 1. The van der Waals surface area contributed by atoms with Crippen LogP contribution in [0.4, 0.5) is 5.82 Å². The van der Waals surface area contributed by atoms with Gasteiger partial charge >= 0.3 is 5.97 Å². The van der Waals surface area contributed by atoms with Gasteiger partial charge in [0.25, 0.3) is 0 Å². The number of carbonyl (C=O) groups is 1. The highest BCUT2D eigenvalue weighted by Gasteiger charge is 2.17. The van der Waals surface area contributed by atoms with E-state index in [1.807, 2.05) is 0 Å². The largest absolute Gasteiger partial charge is 0.461 e. The average Bonchev–Trinajstić information content (AvgIpc) is 2.50. The molecule has 1 aromatic heterocycles. The Bertz CT molecular complexity index is 344. The quantitative estimate of drug-likeness (QED) is 0.552. The standard InChI is InChI=1S/C9H13N3O2/c1-3-5-6-7(9(13)14-4-2)11-12-8(6)10/h3H,1,4-5H2,2H3,(H3,10,11,12). The van der Waals surface area contributed by atoms with Crippen molar-refractivity contribution in [1.82, 2.24) is 10.2 Å². The van der Waals surface area contributed by atoms with E-state index in [2.05, 4.69) is 16.8 Å². The van der Waals surface area contributed by atoms with Gasteiger partial charge in [-0.25, -0.2) is 4.79 Å². The van der Waals surface area contributed by atoms with E-state index in [0.717, 1.165) is 0 Å². The van der Waals surface area contributed by atoms with Gasteiger partial charge in [-0.05, 0) is 13.3 Å². The van der Waals surface area contributed by atoms with Gasteiger partial charge in [-0.1, -0.05) is 6.08 Å². The zero-order valence-electron chi connectivity index (χ0n) is 8.04. The van der Waals surface area contributed by atoms with Crippen molar-refractivity contribution in [3.8, 4) is 0 Å². The van der Waals surface area contributed by atoms with Gasteiger partial charge in [-0.3, -0.25) is 5.10 Å². The maximum Gasteiger partial charge on any atom is 0.359 e. The number of nitrogens with one attached hydrogen (secondary N) is 1. The third-order valence-corrected chi connectivity index (χ3v) is 1.72. The summed E-state index contributed by atoms with van der Waals surface area (Å²) < 4.78 is 4.82. The molecule has 0 bridgehead atoms. The van der Waals surface area contributed by atoms with Gasteiger partial charge in [0.05, 0.1) is 6.61 Å². The Hall–Kier alpha value is -1.78. The third-order valence-electron chi connectivity index (χ3n) is 1.72. The third kappa shape index (κ3) is 1.93. The number of nitrogens with zero attached hydrogens (tertiary/aromatic N) is 1. The van der Waals surface area contributed by atoms with Crippen molar-refractivity contribution in [3.05, 3.63) is 23.9 Å². The first-order chi connectivity index (χ1) is 6.70. The molecule has 0 aromatic carbocycles. The highest BCUT2D eigenvalue weighted by molar-refractivity contribution is 5.90. The number of H-pyrrole nitrogens is 1. The van der Waals surface area contributed by atoms with Gasteiger partial charge in [0.2, 0.25) is 0 Å². The first-order valence-corrected chi connectivity index (χ1v) is 4.31. The molecule has 0 saturated heterocycles. The van der Waals surface area contributed by atoms with Crippen molar-refractivity contribution >= 4 is 11.8 Å². The molecule has 1 heterocycles. The molecule has 0 spiro atoms. The van der Waals surface area contributed by atoms with Crippen LogP contribution in [0.5, 0.6) is 0 Å². The first kappa shape index (κ1) is 10.3. The number of aromatic amines is 1. The van der Waals surface area contributed by atoms with Crippen LogP contribution < -0.4 is 5.73 Å². The summed E-state index contributed by atoms with van der Waals surface area (Å²) in [7, 11) is 0. The van der Waals surface area contributed by atoms with Crippen molar-refractivity contribution in [2.45, 2.75) is 13.3 Å². The first-order valence-electron chi connectivity index (χ1n) is 4.31. The SMILES string of the molecule is C=CCc1c(C(=O)OCC)n[nH]c1N. The molecule has 0 fully saturated rings. The maximum atomic E-state index is 11.4. The number of allylic oxidation sites excluding steroid dienone is 1. The molecule has 0 unspecified atom stereocenters. The maximum absolute atomic E-state index is 11.4. The number of aromatic nitrogens is 2. The number of hydrogen-bond donors (Lipinski definition) is 2. The number of esters is 1. The minimum atomic E-state index is -0.461. The van der Waals surface area contributed by atoms with Crippen molar-refractivity contribution in [1.29, 1.82) is 0 Å². The summed E-state index contributed by atoms with van der Waals surface area (Å²) in [6, 6.07) is 0. The Morgan fingerprint density at radius 2 is 2.50 bits per heavy atom. The topological polar surface area (TPSA) is 81.0 Å². The van der Waals surface area contributed by atoms with Gasteiger partial charge in [-0.2, -0.15) is 5.10 Å². The number of carbonyl (C=O) groups excluding carboxylic acids is 1. The second kappa shape index (κ2) is 4.45. The average molecular weight is 195 g/mol. The molecule has 0 aliphatic carbocycles. The predicted molar refractivity (Wildman–Crippen MR) is 52.9 cm³/mol. The predicted octanol–water partition coefficient (Wildman–Crippen LogP) is 0.897. The van der Waals surface area contributed by atoms with Crippen LogP contribution in [0.2, 0.25) is 0 Å². The molecule has 0 amide bonds. The second-order valence-electron chi connectivity index (χ2n) is 2.68. The molecule has 3 N–H and O–H groups in total. The minimum Gasteiger partial charge on any atom is -0.461 e. The van der Waals surface area contributed by atoms with Crippen LogP contribution in [0, 0.1) is 0 Å². The lowest BCUT2D eigenvalue weighted by Crippen LogP contribution is -2.08. The molecule has 0 atom stereocenters. The minimum absolute atomic E-state index is 0.240. The molecule has 5 heteroatoms. The number of anilines is 1. The molecule has 14 heavy (non-hydrogen) atoms. The Balaban J connectivity index is 2.95. The lowest BCUT2D eigenvalue weighted by molar-refractivity contribution is 0.0518. The van der Waals surface area contributed by atoms with Crippen LogP contribution >= 0.6 is 0 Å². The van der Waals surface area contributed by atoms with Crippen molar-refractivity contribution in [3.63, 3.8) is 0 Å². The number of nitrogen functional groups attached to an aromatic ring is 1. The van der Waals surface area contributed by atoms with Crippen molar-refractivity contribution < 1.29 is 9.53 Å². The molecule has 76 valence electrons. The fourth-order valence-corrected chi connectivity index (χ4v) is 1.10. The number of hydrogen-bond acceptors (Lipinski definition) is 4. The normalized spacial score (nSPS) is 9.79. The Labute approximate surface area is 81.9 Å². The Kier molecular flexibility index (Phi) is 3.28. The summed E-state index contributed by atoms with van der Waals surface area (Å²) in [6.45, 7) is 5.63. The zero-order chi connectivity index (χ0) is 10.6. The van der Waals surface area contributed by atoms with E-state index in [-0.39, 0.29) is 5.69 Å². The summed E-state index contributed by atoms with van der Waals surface area (Å²) in [5.74, 6) is -0.0785. The Morgan fingerprint density at radius 1 is 1.79 bits per heavy atom. The molecular formula is C9H13N3O2. The van der Waals surface area contributed by atoms with Crippen LogP contribution in [0.3, 0.4) is 0 Å². The van der Waals surface area contributed by atoms with E-state index in [1.54, 1.807) is 13.0 Å². The van der Waals surface area contributed by atoms with Gasteiger partial charge in [-0.15, -0.1) is 6.58 Å². The second-order valence-corrected chi connectivity index (χ2v) is 2.68. The summed E-state index contributed by atoms with van der Waals surface area (Å²) in [6.07, 6.45) is 2.15. The highest BCUT2D eigenvalue weighted by atomic mass is 16.5. The fourth-order valence-electron chi connectivity index (χ4n) is 1.10. The van der Waals surface area contributed by atoms with Gasteiger partial charge in [0.1, 0.15) is 5.82 Å². The van der Waals surface area contributed by atoms with Crippen LogP contribution in [0.1, 0.15) is 23.0 Å². The van der Waals surface area contributed by atoms with Crippen LogP contribution in [0.25, 0.3) is 0 Å². The molecule has 0 radical (unpaired) electrons.